The lowest BCUT2D eigenvalue weighted by Gasteiger charge is -2.12. The van der Waals surface area contributed by atoms with Crippen LogP contribution in [0.4, 0.5) is 5.69 Å². The number of hydrogen-bond donors (Lipinski definition) is 2. The summed E-state index contributed by atoms with van der Waals surface area (Å²) in [5, 5.41) is 15.4. The molecule has 0 saturated heterocycles. The molecule has 0 saturated carbocycles. The standard InChI is InChI=1S/C31H29N5OS/c1-3-4-8-22-11-17-26(18-12-22)36-34-28-19-21(2)27(20-29(28)35-36)32-31(38)33-30(37)25-15-13-24(14-16-25)23-9-6-5-7-10-23/h5-7,9-20H,3-4,8H2,1-2H3,(H2,32,33,37,38). The summed E-state index contributed by atoms with van der Waals surface area (Å²) in [6.45, 7) is 4.17. The van der Waals surface area contributed by atoms with E-state index in [2.05, 4.69) is 39.9 Å². The number of nitrogens with one attached hydrogen (secondary N) is 2. The summed E-state index contributed by atoms with van der Waals surface area (Å²) in [6, 6.07) is 29.7. The third kappa shape index (κ3) is 5.79. The Labute approximate surface area is 227 Å². The summed E-state index contributed by atoms with van der Waals surface area (Å²) in [6.07, 6.45) is 3.44. The van der Waals surface area contributed by atoms with Gasteiger partial charge < -0.3 is 5.32 Å². The molecule has 7 heteroatoms. The highest BCUT2D eigenvalue weighted by Crippen LogP contribution is 2.23. The number of aryl methyl sites for hydroxylation is 2. The number of unbranched alkanes of at least 4 members (excludes halogenated alkanes) is 1. The average molecular weight is 520 g/mol. The van der Waals surface area contributed by atoms with Crippen LogP contribution in [0.2, 0.25) is 0 Å². The quantitative estimate of drug-likeness (QED) is 0.230. The highest BCUT2D eigenvalue weighted by atomic mass is 32.1. The highest BCUT2D eigenvalue weighted by molar-refractivity contribution is 7.80. The first-order chi connectivity index (χ1) is 18.5. The van der Waals surface area contributed by atoms with Crippen LogP contribution in [0, 0.1) is 6.92 Å². The van der Waals surface area contributed by atoms with Crippen molar-refractivity contribution >= 4 is 40.0 Å². The van der Waals surface area contributed by atoms with Gasteiger partial charge in [0, 0.05) is 11.3 Å². The van der Waals surface area contributed by atoms with E-state index in [1.165, 1.54) is 18.4 Å². The molecule has 190 valence electrons. The van der Waals surface area contributed by atoms with Gasteiger partial charge >= 0.3 is 0 Å². The van der Waals surface area contributed by atoms with Crippen LogP contribution in [0.25, 0.3) is 27.8 Å². The van der Waals surface area contributed by atoms with Gasteiger partial charge in [0.05, 0.1) is 5.69 Å². The maximum Gasteiger partial charge on any atom is 0.257 e. The van der Waals surface area contributed by atoms with Gasteiger partial charge in [0.15, 0.2) is 5.11 Å². The van der Waals surface area contributed by atoms with Gasteiger partial charge in [0.2, 0.25) is 0 Å². The molecule has 0 bridgehead atoms. The fraction of sp³-hybridized carbons (Fsp3) is 0.161. The van der Waals surface area contributed by atoms with Crippen LogP contribution in [0.5, 0.6) is 0 Å². The van der Waals surface area contributed by atoms with Crippen molar-refractivity contribution in [3.05, 3.63) is 108 Å². The second-order valence-corrected chi connectivity index (χ2v) is 9.68. The lowest BCUT2D eigenvalue weighted by molar-refractivity contribution is 0.0977. The predicted octanol–water partition coefficient (Wildman–Crippen LogP) is 6.87. The normalized spacial score (nSPS) is 10.9. The first-order valence-corrected chi connectivity index (χ1v) is 13.2. The Morgan fingerprint density at radius 1 is 0.868 bits per heavy atom. The summed E-state index contributed by atoms with van der Waals surface area (Å²) in [4.78, 5) is 14.4. The maximum atomic E-state index is 12.8. The molecule has 5 rings (SSSR count). The van der Waals surface area contributed by atoms with E-state index in [0.29, 0.717) is 5.56 Å². The second-order valence-electron chi connectivity index (χ2n) is 9.27. The number of benzene rings is 4. The molecule has 0 fully saturated rings. The summed E-state index contributed by atoms with van der Waals surface area (Å²) in [7, 11) is 0. The Hall–Kier alpha value is -4.36. The number of nitrogens with zero attached hydrogens (tertiary/aromatic N) is 3. The number of thiocarbonyl (C=S) groups is 1. The monoisotopic (exact) mass is 519 g/mol. The van der Waals surface area contributed by atoms with Gasteiger partial charge in [-0.05, 0) is 90.6 Å². The molecule has 6 nitrogen and oxygen atoms in total. The molecule has 0 aliphatic heterocycles. The molecule has 2 N–H and O–H groups in total. The zero-order valence-electron chi connectivity index (χ0n) is 21.4. The van der Waals surface area contributed by atoms with Crippen molar-refractivity contribution < 1.29 is 4.79 Å². The number of aromatic nitrogens is 3. The van der Waals surface area contributed by atoms with Crippen molar-refractivity contribution in [1.29, 1.82) is 0 Å². The number of fused-ring (bicyclic) bond motifs is 1. The molecule has 38 heavy (non-hydrogen) atoms. The molecule has 4 aromatic carbocycles. The largest absolute Gasteiger partial charge is 0.332 e. The first-order valence-electron chi connectivity index (χ1n) is 12.7. The number of amides is 1. The predicted molar refractivity (Wildman–Crippen MR) is 158 cm³/mol. The Kier molecular flexibility index (Phi) is 7.56. The van der Waals surface area contributed by atoms with Crippen LogP contribution in [0.1, 0.15) is 41.3 Å². The molecular formula is C31H29N5OS. The van der Waals surface area contributed by atoms with Crippen molar-refractivity contribution in [2.75, 3.05) is 5.32 Å². The topological polar surface area (TPSA) is 71.8 Å². The molecule has 0 unspecified atom stereocenters. The zero-order chi connectivity index (χ0) is 26.5. The van der Waals surface area contributed by atoms with E-state index in [0.717, 1.165) is 45.5 Å². The van der Waals surface area contributed by atoms with E-state index in [9.17, 15) is 4.79 Å². The fourth-order valence-corrected chi connectivity index (χ4v) is 4.47. The van der Waals surface area contributed by atoms with E-state index < -0.39 is 0 Å². The molecule has 5 aromatic rings. The van der Waals surface area contributed by atoms with E-state index in [4.69, 9.17) is 12.2 Å². The van der Waals surface area contributed by atoms with Crippen LogP contribution in [0.15, 0.2) is 91.0 Å². The van der Waals surface area contributed by atoms with Gasteiger partial charge in [-0.25, -0.2) is 0 Å². The minimum absolute atomic E-state index is 0.222. The van der Waals surface area contributed by atoms with Crippen LogP contribution >= 0.6 is 12.2 Å². The smallest absolute Gasteiger partial charge is 0.257 e. The van der Waals surface area contributed by atoms with Crippen molar-refractivity contribution in [3.8, 4) is 16.8 Å². The minimum Gasteiger partial charge on any atom is -0.332 e. The van der Waals surface area contributed by atoms with Crippen molar-refractivity contribution in [2.24, 2.45) is 0 Å². The van der Waals surface area contributed by atoms with Gasteiger partial charge in [0.25, 0.3) is 5.91 Å². The van der Waals surface area contributed by atoms with Gasteiger partial charge in [0.1, 0.15) is 11.0 Å². The molecule has 1 amide bonds. The number of rotatable bonds is 7. The average Bonchev–Trinajstić information content (AvgIpc) is 3.35. The lowest BCUT2D eigenvalue weighted by Crippen LogP contribution is -2.34. The fourth-order valence-electron chi connectivity index (χ4n) is 4.27. The third-order valence-corrected chi connectivity index (χ3v) is 6.65. The summed E-state index contributed by atoms with van der Waals surface area (Å²) in [5.74, 6) is -0.269. The summed E-state index contributed by atoms with van der Waals surface area (Å²) < 4.78 is 0. The van der Waals surface area contributed by atoms with E-state index in [1.54, 1.807) is 16.9 Å². The molecule has 0 radical (unpaired) electrons. The molecule has 1 heterocycles. The van der Waals surface area contributed by atoms with Gasteiger partial charge in [-0.15, -0.1) is 10.2 Å². The van der Waals surface area contributed by atoms with Gasteiger partial charge in [-0.3, -0.25) is 10.1 Å². The molecule has 0 spiro atoms. The summed E-state index contributed by atoms with van der Waals surface area (Å²) in [5.41, 5.74) is 8.15. The van der Waals surface area contributed by atoms with Crippen molar-refractivity contribution in [3.63, 3.8) is 0 Å². The Balaban J connectivity index is 1.26. The Bertz CT molecular complexity index is 1580. The van der Waals surface area contributed by atoms with Gasteiger partial charge in [-0.2, -0.15) is 4.80 Å². The van der Waals surface area contributed by atoms with Crippen LogP contribution in [-0.4, -0.2) is 26.0 Å². The zero-order valence-corrected chi connectivity index (χ0v) is 22.3. The van der Waals surface area contributed by atoms with Crippen LogP contribution in [-0.2, 0) is 6.42 Å². The Morgan fingerprint density at radius 2 is 1.53 bits per heavy atom. The molecule has 0 atom stereocenters. The van der Waals surface area contributed by atoms with Crippen LogP contribution in [0.3, 0.4) is 0 Å². The molecule has 1 aromatic heterocycles. The second kappa shape index (κ2) is 11.4. The lowest BCUT2D eigenvalue weighted by atomic mass is 10.0. The number of carbonyl (C=O) groups is 1. The van der Waals surface area contributed by atoms with Crippen molar-refractivity contribution in [1.82, 2.24) is 20.3 Å². The number of anilines is 1. The highest BCUT2D eigenvalue weighted by Gasteiger charge is 2.12. The number of carbonyl (C=O) groups excluding carboxylic acids is 1. The van der Waals surface area contributed by atoms with Gasteiger partial charge in [-0.1, -0.05) is 67.9 Å². The van der Waals surface area contributed by atoms with Crippen molar-refractivity contribution in [2.45, 2.75) is 33.1 Å². The van der Waals surface area contributed by atoms with E-state index >= 15 is 0 Å². The molecule has 0 aliphatic carbocycles. The first kappa shape index (κ1) is 25.3. The molecule has 0 aliphatic rings. The maximum absolute atomic E-state index is 12.8. The minimum atomic E-state index is -0.269. The summed E-state index contributed by atoms with van der Waals surface area (Å²) >= 11 is 5.44. The molecular weight excluding hydrogens is 490 g/mol. The van der Waals surface area contributed by atoms with Crippen LogP contribution < -0.4 is 10.6 Å². The SMILES string of the molecule is CCCCc1ccc(-n2nc3cc(C)c(NC(=S)NC(=O)c4ccc(-c5ccccc5)cc4)cc3n2)cc1. The number of hydrogen-bond acceptors (Lipinski definition) is 4. The Morgan fingerprint density at radius 3 is 2.21 bits per heavy atom. The van der Waals surface area contributed by atoms with E-state index in [-0.39, 0.29) is 11.0 Å². The third-order valence-electron chi connectivity index (χ3n) is 6.44. The van der Waals surface area contributed by atoms with E-state index in [1.807, 2.05) is 73.7 Å².